The minimum atomic E-state index is -0.545. The molecule has 2 aromatic rings. The topological polar surface area (TPSA) is 118 Å². The number of nitrogens with two attached hydrogens (primary N) is 1. The standard InChI is InChI=1S/C24H33N5O3/c1-15-8-7-11-21(26-15)28-20-14-16(12-13-17(20)22(25)30)27-18-9-5-6-10-19(18)29-23(31)32-24(2,3)4/h7-8,11-14,18-19,27H,5-6,9-10H2,1-4H3,(H2,25,30)(H,26,28)(H,29,31). The number of anilines is 3. The van der Waals surface area contributed by atoms with Gasteiger partial charge in [-0.2, -0.15) is 0 Å². The van der Waals surface area contributed by atoms with Crippen molar-refractivity contribution in [3.05, 3.63) is 47.7 Å². The number of nitrogens with one attached hydrogen (secondary N) is 3. The molecular formula is C24H33N5O3. The molecule has 0 spiro atoms. The van der Waals surface area contributed by atoms with E-state index in [4.69, 9.17) is 10.5 Å². The van der Waals surface area contributed by atoms with Crippen LogP contribution < -0.4 is 21.7 Å². The molecule has 1 heterocycles. The Bertz CT molecular complexity index is 970. The van der Waals surface area contributed by atoms with Crippen molar-refractivity contribution in [1.29, 1.82) is 0 Å². The highest BCUT2D eigenvalue weighted by Gasteiger charge is 2.28. The zero-order chi connectivity index (χ0) is 23.3. The van der Waals surface area contributed by atoms with Crippen LogP contribution in [0.1, 0.15) is 62.5 Å². The van der Waals surface area contributed by atoms with E-state index in [0.717, 1.165) is 37.1 Å². The number of amides is 2. The Hall–Kier alpha value is -3.29. The molecule has 32 heavy (non-hydrogen) atoms. The zero-order valence-corrected chi connectivity index (χ0v) is 19.2. The number of pyridine rings is 1. The van der Waals surface area contributed by atoms with Gasteiger partial charge in [-0.25, -0.2) is 9.78 Å². The van der Waals surface area contributed by atoms with Gasteiger partial charge in [0.05, 0.1) is 17.3 Å². The number of benzene rings is 1. The number of carbonyl (C=O) groups excluding carboxylic acids is 2. The van der Waals surface area contributed by atoms with E-state index in [9.17, 15) is 9.59 Å². The number of carbonyl (C=O) groups is 2. The number of aryl methyl sites for hydroxylation is 1. The van der Waals surface area contributed by atoms with E-state index in [2.05, 4.69) is 20.9 Å². The lowest BCUT2D eigenvalue weighted by Crippen LogP contribution is -2.49. The van der Waals surface area contributed by atoms with E-state index in [1.54, 1.807) is 6.07 Å². The molecule has 8 heteroatoms. The van der Waals surface area contributed by atoms with Crippen molar-refractivity contribution in [3.63, 3.8) is 0 Å². The van der Waals surface area contributed by atoms with Gasteiger partial charge in [-0.3, -0.25) is 4.79 Å². The van der Waals surface area contributed by atoms with Crippen molar-refractivity contribution in [2.45, 2.75) is 71.1 Å². The third kappa shape index (κ3) is 6.60. The SMILES string of the molecule is Cc1cccc(Nc2cc(NC3CCCCC3NC(=O)OC(C)(C)C)ccc2C(N)=O)n1. The van der Waals surface area contributed by atoms with Crippen LogP contribution >= 0.6 is 0 Å². The Morgan fingerprint density at radius 1 is 1.09 bits per heavy atom. The van der Waals surface area contributed by atoms with Crippen molar-refractivity contribution < 1.29 is 14.3 Å². The summed E-state index contributed by atoms with van der Waals surface area (Å²) in [6.07, 6.45) is 3.50. The van der Waals surface area contributed by atoms with Crippen molar-refractivity contribution >= 4 is 29.2 Å². The Kier molecular flexibility index (Phi) is 7.22. The molecule has 1 aliphatic rings. The van der Waals surface area contributed by atoms with Crippen LogP contribution in [0.25, 0.3) is 0 Å². The van der Waals surface area contributed by atoms with Crippen LogP contribution in [-0.4, -0.2) is 34.7 Å². The molecule has 2 amide bonds. The van der Waals surface area contributed by atoms with E-state index >= 15 is 0 Å². The highest BCUT2D eigenvalue weighted by atomic mass is 16.6. The highest BCUT2D eigenvalue weighted by molar-refractivity contribution is 5.99. The summed E-state index contributed by atoms with van der Waals surface area (Å²) in [6, 6.07) is 11.0. The fourth-order valence-electron chi connectivity index (χ4n) is 3.85. The van der Waals surface area contributed by atoms with Gasteiger partial charge in [0, 0.05) is 17.4 Å². The Morgan fingerprint density at radius 3 is 2.47 bits per heavy atom. The van der Waals surface area contributed by atoms with Gasteiger partial charge in [0.1, 0.15) is 11.4 Å². The smallest absolute Gasteiger partial charge is 0.407 e. The summed E-state index contributed by atoms with van der Waals surface area (Å²) in [6.45, 7) is 7.45. The molecule has 2 atom stereocenters. The summed E-state index contributed by atoms with van der Waals surface area (Å²) in [7, 11) is 0. The second-order valence-electron chi connectivity index (χ2n) is 9.20. The maximum atomic E-state index is 12.3. The zero-order valence-electron chi connectivity index (χ0n) is 19.2. The van der Waals surface area contributed by atoms with Crippen LogP contribution in [0.3, 0.4) is 0 Å². The van der Waals surface area contributed by atoms with Gasteiger partial charge in [0.2, 0.25) is 0 Å². The van der Waals surface area contributed by atoms with Crippen LogP contribution in [0.5, 0.6) is 0 Å². The van der Waals surface area contributed by atoms with Gasteiger partial charge in [0.25, 0.3) is 5.91 Å². The number of aromatic nitrogens is 1. The number of hydrogen-bond acceptors (Lipinski definition) is 6. The normalized spacial score (nSPS) is 18.5. The van der Waals surface area contributed by atoms with Crippen molar-refractivity contribution in [2.75, 3.05) is 10.6 Å². The van der Waals surface area contributed by atoms with Gasteiger partial charge in [-0.15, -0.1) is 0 Å². The van der Waals surface area contributed by atoms with Crippen LogP contribution in [-0.2, 0) is 4.74 Å². The Labute approximate surface area is 189 Å². The minimum absolute atomic E-state index is 0.0423. The fraction of sp³-hybridized carbons (Fsp3) is 0.458. The molecule has 0 radical (unpaired) electrons. The number of nitrogens with zero attached hydrogens (tertiary/aromatic N) is 1. The number of hydrogen-bond donors (Lipinski definition) is 4. The van der Waals surface area contributed by atoms with Gasteiger partial charge in [0.15, 0.2) is 0 Å². The largest absolute Gasteiger partial charge is 0.444 e. The lowest BCUT2D eigenvalue weighted by Gasteiger charge is -2.34. The number of rotatable bonds is 6. The van der Waals surface area contributed by atoms with Crippen molar-refractivity contribution in [2.24, 2.45) is 5.73 Å². The summed E-state index contributed by atoms with van der Waals surface area (Å²) < 4.78 is 5.43. The quantitative estimate of drug-likeness (QED) is 0.527. The summed E-state index contributed by atoms with van der Waals surface area (Å²) in [5, 5.41) is 9.73. The summed E-state index contributed by atoms with van der Waals surface area (Å²) in [5.74, 6) is 0.112. The molecule has 1 fully saturated rings. The molecule has 0 aliphatic heterocycles. The summed E-state index contributed by atoms with van der Waals surface area (Å²) in [5.41, 5.74) is 7.68. The molecule has 8 nitrogen and oxygen atoms in total. The average molecular weight is 440 g/mol. The van der Waals surface area contributed by atoms with E-state index in [1.165, 1.54) is 0 Å². The van der Waals surface area contributed by atoms with E-state index in [1.807, 2.05) is 58.0 Å². The second kappa shape index (κ2) is 9.89. The lowest BCUT2D eigenvalue weighted by molar-refractivity contribution is 0.0488. The predicted octanol–water partition coefficient (Wildman–Crippen LogP) is 4.48. The first-order valence-corrected chi connectivity index (χ1v) is 11.0. The molecule has 3 rings (SSSR count). The third-order valence-electron chi connectivity index (χ3n) is 5.26. The molecule has 1 aromatic heterocycles. The van der Waals surface area contributed by atoms with Crippen LogP contribution in [0.4, 0.5) is 22.0 Å². The molecular weight excluding hydrogens is 406 g/mol. The Morgan fingerprint density at radius 2 is 1.81 bits per heavy atom. The van der Waals surface area contributed by atoms with E-state index in [0.29, 0.717) is 17.1 Å². The van der Waals surface area contributed by atoms with E-state index < -0.39 is 17.6 Å². The second-order valence-corrected chi connectivity index (χ2v) is 9.20. The molecule has 172 valence electrons. The van der Waals surface area contributed by atoms with Gasteiger partial charge in [-0.05, 0) is 70.9 Å². The van der Waals surface area contributed by atoms with Gasteiger partial charge >= 0.3 is 6.09 Å². The molecule has 0 saturated heterocycles. The van der Waals surface area contributed by atoms with Crippen LogP contribution in [0.2, 0.25) is 0 Å². The van der Waals surface area contributed by atoms with Gasteiger partial charge in [-0.1, -0.05) is 18.9 Å². The molecule has 0 bridgehead atoms. The van der Waals surface area contributed by atoms with E-state index in [-0.39, 0.29) is 12.1 Å². The number of alkyl carbamates (subject to hydrolysis) is 1. The summed E-state index contributed by atoms with van der Waals surface area (Å²) >= 11 is 0. The molecule has 1 saturated carbocycles. The van der Waals surface area contributed by atoms with Gasteiger partial charge < -0.3 is 26.4 Å². The van der Waals surface area contributed by atoms with Crippen LogP contribution in [0, 0.1) is 6.92 Å². The first kappa shape index (κ1) is 23.4. The first-order valence-electron chi connectivity index (χ1n) is 11.0. The van der Waals surface area contributed by atoms with Crippen LogP contribution in [0.15, 0.2) is 36.4 Å². The molecule has 2 unspecified atom stereocenters. The monoisotopic (exact) mass is 439 g/mol. The minimum Gasteiger partial charge on any atom is -0.444 e. The predicted molar refractivity (Wildman–Crippen MR) is 126 cm³/mol. The Balaban J connectivity index is 1.77. The highest BCUT2D eigenvalue weighted by Crippen LogP contribution is 2.27. The average Bonchev–Trinajstić information content (AvgIpc) is 2.68. The lowest BCUT2D eigenvalue weighted by atomic mass is 9.90. The van der Waals surface area contributed by atoms with Crippen molar-refractivity contribution in [3.8, 4) is 0 Å². The number of primary amides is 1. The third-order valence-corrected chi connectivity index (χ3v) is 5.26. The maximum Gasteiger partial charge on any atom is 0.407 e. The first-order chi connectivity index (χ1) is 15.1. The fourth-order valence-corrected chi connectivity index (χ4v) is 3.85. The molecule has 5 N–H and O–H groups in total. The number of ether oxygens (including phenoxy) is 1. The molecule has 1 aromatic carbocycles. The molecule has 1 aliphatic carbocycles. The van der Waals surface area contributed by atoms with Crippen molar-refractivity contribution in [1.82, 2.24) is 10.3 Å². The maximum absolute atomic E-state index is 12.3. The summed E-state index contributed by atoms with van der Waals surface area (Å²) in [4.78, 5) is 28.7.